The van der Waals surface area contributed by atoms with E-state index < -0.39 is 23.7 Å². The summed E-state index contributed by atoms with van der Waals surface area (Å²) in [5.74, 6) is -1.14. The number of benzene rings is 1. The van der Waals surface area contributed by atoms with Crippen LogP contribution in [0.1, 0.15) is 25.8 Å². The predicted octanol–water partition coefficient (Wildman–Crippen LogP) is 3.39. The maximum atomic E-state index is 12.7. The molecule has 0 unspecified atom stereocenters. The van der Waals surface area contributed by atoms with Gasteiger partial charge >= 0.3 is 12.3 Å². The Bertz CT molecular complexity index is 1280. The fourth-order valence-corrected chi connectivity index (χ4v) is 3.19. The van der Waals surface area contributed by atoms with Gasteiger partial charge in [0, 0.05) is 31.0 Å². The van der Waals surface area contributed by atoms with Crippen LogP contribution in [0.2, 0.25) is 0 Å². The first-order chi connectivity index (χ1) is 14.6. The van der Waals surface area contributed by atoms with E-state index in [0.29, 0.717) is 23.8 Å². The molecule has 0 aliphatic carbocycles. The molecule has 3 rings (SSSR count). The summed E-state index contributed by atoms with van der Waals surface area (Å²) in [7, 11) is 1.48. The Morgan fingerprint density at radius 2 is 1.77 bits per heavy atom. The highest BCUT2D eigenvalue weighted by Crippen LogP contribution is 2.36. The number of amides is 1. The van der Waals surface area contributed by atoms with Crippen molar-refractivity contribution in [1.82, 2.24) is 4.98 Å². The number of anilines is 1. The van der Waals surface area contributed by atoms with Crippen LogP contribution in [0.5, 0.6) is 11.8 Å². The van der Waals surface area contributed by atoms with E-state index in [1.807, 2.05) is 6.92 Å². The van der Waals surface area contributed by atoms with Crippen LogP contribution in [0.25, 0.3) is 21.9 Å². The molecule has 0 aliphatic heterocycles. The summed E-state index contributed by atoms with van der Waals surface area (Å²) in [4.78, 5) is 52.1. The molecule has 162 valence electrons. The lowest BCUT2D eigenvalue weighted by Crippen LogP contribution is -2.23. The van der Waals surface area contributed by atoms with Crippen molar-refractivity contribution in [3.8, 4) is 11.8 Å². The van der Waals surface area contributed by atoms with Crippen LogP contribution in [-0.4, -0.2) is 40.5 Å². The van der Waals surface area contributed by atoms with Crippen molar-refractivity contribution in [1.29, 1.82) is 0 Å². The van der Waals surface area contributed by atoms with Crippen LogP contribution in [-0.2, 0) is 11.2 Å². The Balaban J connectivity index is 2.48. The zero-order chi connectivity index (χ0) is 22.9. The van der Waals surface area contributed by atoms with Gasteiger partial charge in [0.05, 0.1) is 22.7 Å². The van der Waals surface area contributed by atoms with E-state index in [0.717, 1.165) is 6.07 Å². The fraction of sp³-hybridized carbons (Fsp3) is 0.250. The molecule has 3 aromatic rings. The van der Waals surface area contributed by atoms with E-state index in [-0.39, 0.29) is 34.0 Å². The summed E-state index contributed by atoms with van der Waals surface area (Å²) in [6.07, 6.45) is -2.31. The van der Waals surface area contributed by atoms with Crippen molar-refractivity contribution in [2.75, 3.05) is 11.9 Å². The number of carbonyl (C=O) groups excluding carboxylic acids is 1. The zero-order valence-electron chi connectivity index (χ0n) is 16.8. The highest BCUT2D eigenvalue weighted by atomic mass is 16.7. The van der Waals surface area contributed by atoms with Gasteiger partial charge in [-0.05, 0) is 12.5 Å². The van der Waals surface area contributed by atoms with Gasteiger partial charge in [0.25, 0.3) is 5.95 Å². The van der Waals surface area contributed by atoms with E-state index in [2.05, 4.69) is 9.72 Å². The number of nitrogens with zero attached hydrogens (tertiary/aromatic N) is 2. The summed E-state index contributed by atoms with van der Waals surface area (Å²) < 4.78 is 14.7. The number of ether oxygens (including phenoxy) is 2. The molecule has 0 atom stereocenters. The topological polar surface area (TPSA) is 156 Å². The van der Waals surface area contributed by atoms with E-state index in [1.165, 1.54) is 31.0 Å². The largest absolute Gasteiger partial charge is 0.513 e. The van der Waals surface area contributed by atoms with Crippen LogP contribution in [0, 0.1) is 0 Å². The number of fused-ring (bicyclic) bond motifs is 2. The van der Waals surface area contributed by atoms with Crippen LogP contribution in [0.4, 0.5) is 15.3 Å². The standard InChI is InChI=1S/C20H18N2O9/c1-4-5-10-17-11(6-12-14(24)8-16(30-18(10)12)31-20(27)28)13(22(3)9(2)23)7-15(21-17)29-19(25)26/h6-8H,4-5H2,1-3H3,(H,25,26)(H,27,28). The lowest BCUT2D eigenvalue weighted by Gasteiger charge is -2.20. The molecular formula is C20H18N2O9. The third kappa shape index (κ3) is 4.25. The molecule has 2 heterocycles. The van der Waals surface area contributed by atoms with Gasteiger partial charge < -0.3 is 29.0 Å². The van der Waals surface area contributed by atoms with Gasteiger partial charge in [-0.1, -0.05) is 13.3 Å². The Labute approximate surface area is 174 Å². The SMILES string of the molecule is CCCc1c2nc(OC(=O)O)cc(N(C)C(C)=O)c2cc2c(=O)cc(OC(=O)O)oc12. The molecule has 2 aromatic heterocycles. The average Bonchev–Trinajstić information content (AvgIpc) is 2.66. The summed E-state index contributed by atoms with van der Waals surface area (Å²) in [6.45, 7) is 3.18. The maximum absolute atomic E-state index is 12.7. The van der Waals surface area contributed by atoms with Gasteiger partial charge in [-0.15, -0.1) is 0 Å². The first-order valence-electron chi connectivity index (χ1n) is 9.12. The first-order valence-corrected chi connectivity index (χ1v) is 9.12. The number of hydrogen-bond acceptors (Lipinski definition) is 8. The number of aryl methyl sites for hydroxylation is 1. The summed E-state index contributed by atoms with van der Waals surface area (Å²) in [5.41, 5.74) is 0.426. The predicted molar refractivity (Wildman–Crippen MR) is 108 cm³/mol. The molecule has 0 fully saturated rings. The molecule has 0 spiro atoms. The molecule has 0 bridgehead atoms. The van der Waals surface area contributed by atoms with Crippen molar-refractivity contribution >= 4 is 45.8 Å². The molecule has 2 N–H and O–H groups in total. The molecule has 1 amide bonds. The highest BCUT2D eigenvalue weighted by Gasteiger charge is 2.22. The zero-order valence-corrected chi connectivity index (χ0v) is 16.8. The third-order valence-corrected chi connectivity index (χ3v) is 4.54. The minimum absolute atomic E-state index is 0.0505. The number of hydrogen-bond donors (Lipinski definition) is 2. The molecule has 0 saturated carbocycles. The maximum Gasteiger partial charge on any atom is 0.513 e. The second kappa shape index (κ2) is 8.30. The van der Waals surface area contributed by atoms with E-state index in [9.17, 15) is 19.2 Å². The lowest BCUT2D eigenvalue weighted by atomic mass is 10.00. The van der Waals surface area contributed by atoms with Crippen molar-refractivity contribution in [2.24, 2.45) is 0 Å². The quantitative estimate of drug-likeness (QED) is 0.454. The number of aromatic nitrogens is 1. The van der Waals surface area contributed by atoms with Gasteiger partial charge in [-0.3, -0.25) is 9.59 Å². The number of carboxylic acid groups (broad SMARTS) is 2. The second-order valence-electron chi connectivity index (χ2n) is 6.60. The molecular weight excluding hydrogens is 412 g/mol. The van der Waals surface area contributed by atoms with Gasteiger partial charge in [-0.25, -0.2) is 14.6 Å². The van der Waals surface area contributed by atoms with E-state index >= 15 is 0 Å². The van der Waals surface area contributed by atoms with E-state index in [1.54, 1.807) is 0 Å². The average molecular weight is 430 g/mol. The Morgan fingerprint density at radius 3 is 2.35 bits per heavy atom. The minimum atomic E-state index is -1.65. The van der Waals surface area contributed by atoms with Crippen molar-refractivity contribution in [2.45, 2.75) is 26.7 Å². The van der Waals surface area contributed by atoms with Gasteiger partial charge in [0.1, 0.15) is 5.58 Å². The number of pyridine rings is 1. The van der Waals surface area contributed by atoms with Crippen LogP contribution in [0.15, 0.2) is 27.4 Å². The van der Waals surface area contributed by atoms with Gasteiger partial charge in [-0.2, -0.15) is 0 Å². The van der Waals surface area contributed by atoms with E-state index in [4.69, 9.17) is 19.4 Å². The summed E-state index contributed by atoms with van der Waals surface area (Å²) >= 11 is 0. The second-order valence-corrected chi connectivity index (χ2v) is 6.60. The van der Waals surface area contributed by atoms with Crippen LogP contribution in [0.3, 0.4) is 0 Å². The first kappa shape index (κ1) is 21.6. The molecule has 11 nitrogen and oxygen atoms in total. The third-order valence-electron chi connectivity index (χ3n) is 4.54. The fourth-order valence-electron chi connectivity index (χ4n) is 3.19. The van der Waals surface area contributed by atoms with Crippen molar-refractivity contribution in [3.05, 3.63) is 34.0 Å². The minimum Gasteiger partial charge on any atom is -0.449 e. The molecule has 0 saturated heterocycles. The Kier molecular flexibility index (Phi) is 5.77. The summed E-state index contributed by atoms with van der Waals surface area (Å²) in [5, 5.41) is 18.4. The lowest BCUT2D eigenvalue weighted by molar-refractivity contribution is -0.116. The normalized spacial score (nSPS) is 10.8. The van der Waals surface area contributed by atoms with Crippen LogP contribution >= 0.6 is 0 Å². The van der Waals surface area contributed by atoms with Gasteiger partial charge in [0.15, 0.2) is 5.43 Å². The van der Waals surface area contributed by atoms with Crippen LogP contribution < -0.4 is 19.8 Å². The highest BCUT2D eigenvalue weighted by molar-refractivity contribution is 6.08. The molecule has 1 aromatic carbocycles. The van der Waals surface area contributed by atoms with Crippen molar-refractivity contribution < 1.29 is 38.5 Å². The monoisotopic (exact) mass is 430 g/mol. The molecule has 0 radical (unpaired) electrons. The Morgan fingerprint density at radius 1 is 1.10 bits per heavy atom. The number of rotatable bonds is 5. The molecule has 11 heteroatoms. The summed E-state index contributed by atoms with van der Waals surface area (Å²) in [6, 6.07) is 3.64. The van der Waals surface area contributed by atoms with Gasteiger partial charge in [0.2, 0.25) is 11.8 Å². The molecule has 0 aliphatic rings. The molecule has 31 heavy (non-hydrogen) atoms. The number of carbonyl (C=O) groups is 3. The van der Waals surface area contributed by atoms with Crippen molar-refractivity contribution in [3.63, 3.8) is 0 Å². The Hall–Kier alpha value is -4.15. The smallest absolute Gasteiger partial charge is 0.449 e.